The summed E-state index contributed by atoms with van der Waals surface area (Å²) in [5.74, 6) is -0.477. The molecule has 4 rings (SSSR count). The van der Waals surface area contributed by atoms with Crippen LogP contribution in [0.15, 0.2) is 60.8 Å². The lowest BCUT2D eigenvalue weighted by Gasteiger charge is -2.23. The van der Waals surface area contributed by atoms with Crippen molar-refractivity contribution >= 4 is 17.3 Å². The minimum Gasteiger partial charge on any atom is -0.470 e. The average molecular weight is 429 g/mol. The first-order valence-electron chi connectivity index (χ1n) is 9.75. The Morgan fingerprint density at radius 2 is 2.03 bits per heavy atom. The molecule has 0 amide bonds. The summed E-state index contributed by atoms with van der Waals surface area (Å²) in [6.45, 7) is 1.09. The normalized spacial score (nSPS) is 17.2. The van der Waals surface area contributed by atoms with E-state index in [1.807, 2.05) is 24.3 Å². The molecule has 1 saturated heterocycles. The van der Waals surface area contributed by atoms with Crippen molar-refractivity contribution in [2.75, 3.05) is 18.0 Å². The van der Waals surface area contributed by atoms with E-state index in [1.54, 1.807) is 18.2 Å². The van der Waals surface area contributed by atoms with E-state index in [4.69, 9.17) is 16.3 Å². The average Bonchev–Trinajstić information content (AvgIpc) is 3.23. The smallest absolute Gasteiger partial charge is 0.250 e. The van der Waals surface area contributed by atoms with Crippen LogP contribution in [-0.4, -0.2) is 34.4 Å². The highest BCUT2D eigenvalue weighted by Crippen LogP contribution is 2.33. The van der Waals surface area contributed by atoms with Gasteiger partial charge in [0, 0.05) is 41.0 Å². The molecule has 3 aromatic rings. The summed E-state index contributed by atoms with van der Waals surface area (Å²) in [7, 11) is 0. The Morgan fingerprint density at radius 1 is 1.20 bits per heavy atom. The molecule has 0 saturated carbocycles. The zero-order valence-electron chi connectivity index (χ0n) is 16.2. The van der Waals surface area contributed by atoms with Gasteiger partial charge in [-0.3, -0.25) is 0 Å². The van der Waals surface area contributed by atoms with E-state index in [1.165, 1.54) is 18.3 Å². The second-order valence-electron chi connectivity index (χ2n) is 7.24. The Kier molecular flexibility index (Phi) is 6.18. The van der Waals surface area contributed by atoms with E-state index in [2.05, 4.69) is 9.88 Å². The molecule has 2 unspecified atom stereocenters. The lowest BCUT2D eigenvalue weighted by Crippen LogP contribution is -2.26. The van der Waals surface area contributed by atoms with E-state index in [0.717, 1.165) is 5.69 Å². The van der Waals surface area contributed by atoms with E-state index in [0.29, 0.717) is 41.2 Å². The summed E-state index contributed by atoms with van der Waals surface area (Å²) in [5, 5.41) is 21.1. The van der Waals surface area contributed by atoms with Crippen LogP contribution in [0.2, 0.25) is 5.02 Å². The molecular formula is C23H22ClFN2O3. The molecule has 0 spiro atoms. The Hall–Kier alpha value is -2.67. The van der Waals surface area contributed by atoms with E-state index in [9.17, 15) is 14.6 Å². The van der Waals surface area contributed by atoms with Crippen molar-refractivity contribution < 1.29 is 19.3 Å². The first-order valence-corrected chi connectivity index (χ1v) is 10.1. The monoisotopic (exact) mass is 428 g/mol. The van der Waals surface area contributed by atoms with Crippen molar-refractivity contribution in [3.8, 4) is 5.88 Å². The summed E-state index contributed by atoms with van der Waals surface area (Å²) >= 11 is 6.21. The third kappa shape index (κ3) is 4.26. The van der Waals surface area contributed by atoms with E-state index in [-0.39, 0.29) is 18.6 Å². The minimum absolute atomic E-state index is 0.00458. The van der Waals surface area contributed by atoms with Gasteiger partial charge in [0.1, 0.15) is 12.2 Å². The number of halogens is 2. The van der Waals surface area contributed by atoms with Gasteiger partial charge in [0.2, 0.25) is 0 Å². The van der Waals surface area contributed by atoms with Crippen LogP contribution in [0, 0.1) is 5.82 Å². The van der Waals surface area contributed by atoms with Crippen molar-refractivity contribution in [1.82, 2.24) is 4.98 Å². The third-order valence-electron chi connectivity index (χ3n) is 5.28. The predicted octanol–water partition coefficient (Wildman–Crippen LogP) is 4.11. The molecule has 2 heterocycles. The van der Waals surface area contributed by atoms with Gasteiger partial charge < -0.3 is 19.8 Å². The van der Waals surface area contributed by atoms with Crippen molar-refractivity contribution in [1.29, 1.82) is 0 Å². The Morgan fingerprint density at radius 3 is 2.80 bits per heavy atom. The number of pyridine rings is 1. The lowest BCUT2D eigenvalue weighted by atomic mass is 9.98. The summed E-state index contributed by atoms with van der Waals surface area (Å²) in [5.41, 5.74) is 2.82. The molecule has 0 aliphatic carbocycles. The molecule has 1 aromatic heterocycles. The first kappa shape index (κ1) is 20.6. The molecule has 5 nitrogen and oxygen atoms in total. The highest BCUT2D eigenvalue weighted by Gasteiger charge is 2.27. The first-order chi connectivity index (χ1) is 14.6. The van der Waals surface area contributed by atoms with Gasteiger partial charge in [0.15, 0.2) is 5.82 Å². The number of hydrogen-bond acceptors (Lipinski definition) is 5. The fourth-order valence-corrected chi connectivity index (χ4v) is 3.99. The second kappa shape index (κ2) is 9.00. The fourth-order valence-electron chi connectivity index (χ4n) is 3.75. The van der Waals surface area contributed by atoms with E-state index >= 15 is 0 Å². The number of nitrogens with zero attached hydrogens (tertiary/aromatic N) is 2. The van der Waals surface area contributed by atoms with Crippen LogP contribution in [-0.2, 0) is 6.61 Å². The van der Waals surface area contributed by atoms with Crippen molar-refractivity contribution in [3.05, 3.63) is 88.3 Å². The molecule has 30 heavy (non-hydrogen) atoms. The summed E-state index contributed by atoms with van der Waals surface area (Å²) in [6.07, 6.45) is 1.12. The van der Waals surface area contributed by atoms with Crippen molar-refractivity contribution in [2.45, 2.75) is 25.2 Å². The zero-order chi connectivity index (χ0) is 21.1. The van der Waals surface area contributed by atoms with Gasteiger partial charge in [-0.1, -0.05) is 35.9 Å². The van der Waals surface area contributed by atoms with Crippen LogP contribution >= 0.6 is 11.6 Å². The number of benzene rings is 2. The summed E-state index contributed by atoms with van der Waals surface area (Å²) < 4.78 is 19.5. The topological polar surface area (TPSA) is 65.8 Å². The maximum atomic E-state index is 13.8. The van der Waals surface area contributed by atoms with Crippen LogP contribution in [0.25, 0.3) is 0 Å². The number of ether oxygens (including phenoxy) is 1. The van der Waals surface area contributed by atoms with Gasteiger partial charge >= 0.3 is 0 Å². The largest absolute Gasteiger partial charge is 0.470 e. The van der Waals surface area contributed by atoms with Gasteiger partial charge in [-0.15, -0.1) is 0 Å². The molecular weight excluding hydrogens is 407 g/mol. The van der Waals surface area contributed by atoms with Gasteiger partial charge in [-0.2, -0.15) is 0 Å². The van der Waals surface area contributed by atoms with Gasteiger partial charge in [0.05, 0.1) is 13.2 Å². The van der Waals surface area contributed by atoms with Gasteiger partial charge in [0.25, 0.3) is 5.88 Å². The Bertz CT molecular complexity index is 1030. The summed E-state index contributed by atoms with van der Waals surface area (Å²) in [4.78, 5) is 6.03. The number of aromatic nitrogens is 1. The van der Waals surface area contributed by atoms with Gasteiger partial charge in [-0.05, 0) is 35.9 Å². The Balaban J connectivity index is 1.51. The summed E-state index contributed by atoms with van der Waals surface area (Å²) in [6, 6.07) is 15.5. The quantitative estimate of drug-likeness (QED) is 0.618. The number of rotatable bonds is 6. The van der Waals surface area contributed by atoms with Gasteiger partial charge in [-0.25, -0.2) is 9.37 Å². The van der Waals surface area contributed by atoms with Crippen LogP contribution in [0.4, 0.5) is 10.1 Å². The molecule has 0 radical (unpaired) electrons. The maximum absolute atomic E-state index is 13.8. The van der Waals surface area contributed by atoms with Crippen LogP contribution in [0.1, 0.15) is 29.2 Å². The predicted molar refractivity (Wildman–Crippen MR) is 113 cm³/mol. The van der Waals surface area contributed by atoms with Crippen LogP contribution in [0.3, 0.4) is 0 Å². The molecule has 1 fully saturated rings. The highest BCUT2D eigenvalue weighted by atomic mass is 35.5. The molecule has 1 aliphatic rings. The Labute approximate surface area is 179 Å². The molecule has 1 aliphatic heterocycles. The minimum atomic E-state index is -0.889. The van der Waals surface area contributed by atoms with Crippen LogP contribution < -0.4 is 9.64 Å². The SMILES string of the molecule is OCc1cc(C(O)c2ccccc2Cl)ccc1N1CCC(Oc2ncccc2F)C1. The number of aliphatic hydroxyl groups is 2. The zero-order valence-corrected chi connectivity index (χ0v) is 17.0. The van der Waals surface area contributed by atoms with Crippen molar-refractivity contribution in [3.63, 3.8) is 0 Å². The molecule has 2 atom stereocenters. The maximum Gasteiger partial charge on any atom is 0.250 e. The molecule has 156 valence electrons. The standard InChI is InChI=1S/C23H22ClFN2O3/c24-19-5-2-1-4-18(19)22(29)15-7-8-21(16(12-15)14-28)27-11-9-17(13-27)30-23-20(25)6-3-10-26-23/h1-8,10,12,17,22,28-29H,9,11,13-14H2. The third-order valence-corrected chi connectivity index (χ3v) is 5.62. The highest BCUT2D eigenvalue weighted by molar-refractivity contribution is 6.31. The van der Waals surface area contributed by atoms with Crippen molar-refractivity contribution in [2.24, 2.45) is 0 Å². The molecule has 2 N–H and O–H groups in total. The molecule has 0 bridgehead atoms. The second-order valence-corrected chi connectivity index (χ2v) is 7.64. The van der Waals surface area contributed by atoms with E-state index < -0.39 is 11.9 Å². The number of hydrogen-bond donors (Lipinski definition) is 2. The lowest BCUT2D eigenvalue weighted by molar-refractivity contribution is 0.205. The number of aliphatic hydroxyl groups excluding tert-OH is 2. The fraction of sp³-hybridized carbons (Fsp3) is 0.261. The number of anilines is 1. The molecule has 7 heteroatoms. The molecule has 2 aromatic carbocycles. The van der Waals surface area contributed by atoms with Crippen LogP contribution in [0.5, 0.6) is 5.88 Å².